The first-order valence-electron chi connectivity index (χ1n) is 6.00. The fourth-order valence-electron chi connectivity index (χ4n) is 1.69. The molecule has 0 bridgehead atoms. The van der Waals surface area contributed by atoms with Gasteiger partial charge >= 0.3 is 0 Å². The van der Waals surface area contributed by atoms with Gasteiger partial charge in [-0.1, -0.05) is 13.8 Å². The van der Waals surface area contributed by atoms with E-state index in [1.54, 1.807) is 19.2 Å². The molecule has 5 nitrogen and oxygen atoms in total. The summed E-state index contributed by atoms with van der Waals surface area (Å²) in [6, 6.07) is 5.04. The molecule has 0 fully saturated rings. The van der Waals surface area contributed by atoms with Crippen LogP contribution < -0.4 is 10.6 Å². The van der Waals surface area contributed by atoms with Gasteiger partial charge in [0.1, 0.15) is 11.8 Å². The fraction of sp³-hybridized carbons (Fsp3) is 0.538. The number of rotatable bonds is 6. The number of amides is 1. The maximum atomic E-state index is 11.7. The highest BCUT2D eigenvalue weighted by atomic mass is 16.3. The predicted molar refractivity (Wildman–Crippen MR) is 67.6 cm³/mol. The van der Waals surface area contributed by atoms with Crippen LogP contribution in [0.25, 0.3) is 0 Å². The van der Waals surface area contributed by atoms with Crippen molar-refractivity contribution in [2.75, 3.05) is 7.05 Å². The number of nitrogens with one attached hydrogen (secondary N) is 2. The number of likely N-dealkylation sites (N-methyl/N-ethyl adjacent to an activating group) is 1. The van der Waals surface area contributed by atoms with Gasteiger partial charge in [-0.05, 0) is 24.5 Å². The van der Waals surface area contributed by atoms with Crippen molar-refractivity contribution in [3.63, 3.8) is 0 Å². The Bertz CT molecular complexity index is 432. The lowest BCUT2D eigenvalue weighted by Gasteiger charge is -2.18. The number of hydrogen-bond acceptors (Lipinski definition) is 4. The maximum absolute atomic E-state index is 11.7. The van der Waals surface area contributed by atoms with Crippen LogP contribution in [0.1, 0.15) is 31.8 Å². The molecular formula is C13H19N3O2. The first kappa shape index (κ1) is 14.3. The number of nitrogens with zero attached hydrogens (tertiary/aromatic N) is 1. The number of carbonyl (C=O) groups excluding carboxylic acids is 1. The second kappa shape index (κ2) is 6.82. The van der Waals surface area contributed by atoms with E-state index in [0.717, 1.165) is 6.42 Å². The second-order valence-electron chi connectivity index (χ2n) is 4.56. The Kier molecular flexibility index (Phi) is 5.40. The van der Waals surface area contributed by atoms with Gasteiger partial charge in [0.05, 0.1) is 12.6 Å². The quantitative estimate of drug-likeness (QED) is 0.799. The standard InChI is InChI=1S/C13H19N3O2/c1-9(2)6-12(13(17)15-3)16-8-11-5-4-10(7-14)18-11/h4-5,9,12,16H,6,8H2,1-3H3,(H,15,17). The van der Waals surface area contributed by atoms with Gasteiger partial charge in [-0.15, -0.1) is 0 Å². The molecule has 1 rings (SSSR count). The number of hydrogen-bond donors (Lipinski definition) is 2. The predicted octanol–water partition coefficient (Wildman–Crippen LogP) is 1.40. The van der Waals surface area contributed by atoms with Gasteiger partial charge in [-0.2, -0.15) is 5.26 Å². The molecule has 1 unspecified atom stereocenters. The minimum Gasteiger partial charge on any atom is -0.449 e. The van der Waals surface area contributed by atoms with E-state index in [1.165, 1.54) is 0 Å². The van der Waals surface area contributed by atoms with Crippen molar-refractivity contribution in [3.8, 4) is 6.07 Å². The lowest BCUT2D eigenvalue weighted by Crippen LogP contribution is -2.43. The fourth-order valence-corrected chi connectivity index (χ4v) is 1.69. The van der Waals surface area contributed by atoms with Gasteiger partial charge in [0.15, 0.2) is 0 Å². The molecule has 0 aliphatic heterocycles. The van der Waals surface area contributed by atoms with Crippen molar-refractivity contribution in [2.45, 2.75) is 32.9 Å². The zero-order valence-corrected chi connectivity index (χ0v) is 11.0. The Balaban J connectivity index is 2.56. The Morgan fingerprint density at radius 1 is 1.50 bits per heavy atom. The van der Waals surface area contributed by atoms with Crippen LogP contribution in [0.5, 0.6) is 0 Å². The SMILES string of the molecule is CNC(=O)C(CC(C)C)NCc1ccc(C#N)o1. The number of furan rings is 1. The van der Waals surface area contributed by atoms with Gasteiger partial charge < -0.3 is 9.73 Å². The third kappa shape index (κ3) is 4.22. The topological polar surface area (TPSA) is 78.1 Å². The molecule has 0 aromatic carbocycles. The highest BCUT2D eigenvalue weighted by Gasteiger charge is 2.18. The molecule has 1 atom stereocenters. The van der Waals surface area contributed by atoms with Gasteiger partial charge in [-0.25, -0.2) is 0 Å². The summed E-state index contributed by atoms with van der Waals surface area (Å²) in [7, 11) is 1.62. The van der Waals surface area contributed by atoms with E-state index >= 15 is 0 Å². The third-order valence-corrected chi connectivity index (χ3v) is 2.56. The van der Waals surface area contributed by atoms with Crippen molar-refractivity contribution in [1.29, 1.82) is 5.26 Å². The molecule has 98 valence electrons. The third-order valence-electron chi connectivity index (χ3n) is 2.56. The van der Waals surface area contributed by atoms with E-state index in [9.17, 15) is 4.79 Å². The van der Waals surface area contributed by atoms with Crippen LogP contribution in [0.2, 0.25) is 0 Å². The molecule has 1 amide bonds. The molecule has 2 N–H and O–H groups in total. The molecule has 0 aliphatic carbocycles. The van der Waals surface area contributed by atoms with Crippen LogP contribution >= 0.6 is 0 Å². The van der Waals surface area contributed by atoms with E-state index in [2.05, 4.69) is 24.5 Å². The Morgan fingerprint density at radius 3 is 2.72 bits per heavy atom. The first-order valence-corrected chi connectivity index (χ1v) is 6.00. The Morgan fingerprint density at radius 2 is 2.22 bits per heavy atom. The average molecular weight is 249 g/mol. The molecule has 0 spiro atoms. The minimum atomic E-state index is -0.245. The minimum absolute atomic E-state index is 0.0317. The van der Waals surface area contributed by atoms with Crippen molar-refractivity contribution in [2.24, 2.45) is 5.92 Å². The largest absolute Gasteiger partial charge is 0.449 e. The molecule has 1 aromatic rings. The molecule has 0 aliphatic rings. The molecule has 0 radical (unpaired) electrons. The zero-order valence-electron chi connectivity index (χ0n) is 11.0. The summed E-state index contributed by atoms with van der Waals surface area (Å²) in [4.78, 5) is 11.7. The monoisotopic (exact) mass is 249 g/mol. The number of nitriles is 1. The Hall–Kier alpha value is -1.80. The highest BCUT2D eigenvalue weighted by Crippen LogP contribution is 2.09. The van der Waals surface area contributed by atoms with Gasteiger partial charge in [0.2, 0.25) is 11.7 Å². The van der Waals surface area contributed by atoms with Crippen molar-refractivity contribution < 1.29 is 9.21 Å². The summed E-state index contributed by atoms with van der Waals surface area (Å²) in [6.07, 6.45) is 0.755. The first-order chi connectivity index (χ1) is 8.56. The van der Waals surface area contributed by atoms with Crippen molar-refractivity contribution in [1.82, 2.24) is 10.6 Å². The van der Waals surface area contributed by atoms with Crippen LogP contribution in [-0.4, -0.2) is 19.0 Å². The molecule has 5 heteroatoms. The molecule has 1 aromatic heterocycles. The molecule has 18 heavy (non-hydrogen) atoms. The summed E-state index contributed by atoms with van der Waals surface area (Å²) < 4.78 is 5.25. The van der Waals surface area contributed by atoms with Crippen LogP contribution in [0, 0.1) is 17.2 Å². The summed E-state index contributed by atoms with van der Waals surface area (Å²) in [5.74, 6) is 1.33. The van der Waals surface area contributed by atoms with E-state index in [1.807, 2.05) is 6.07 Å². The zero-order chi connectivity index (χ0) is 13.5. The smallest absolute Gasteiger partial charge is 0.236 e. The number of carbonyl (C=O) groups is 1. The van der Waals surface area contributed by atoms with Crippen LogP contribution in [0.4, 0.5) is 0 Å². The van der Waals surface area contributed by atoms with Gasteiger partial charge in [-0.3, -0.25) is 10.1 Å². The summed E-state index contributed by atoms with van der Waals surface area (Å²) in [6.45, 7) is 4.57. The van der Waals surface area contributed by atoms with Crippen LogP contribution in [0.15, 0.2) is 16.5 Å². The van der Waals surface area contributed by atoms with E-state index in [4.69, 9.17) is 9.68 Å². The average Bonchev–Trinajstić information content (AvgIpc) is 2.81. The summed E-state index contributed by atoms with van der Waals surface area (Å²) in [5.41, 5.74) is 0. The molecular weight excluding hydrogens is 230 g/mol. The maximum Gasteiger partial charge on any atom is 0.236 e. The normalized spacial score (nSPS) is 12.2. The van der Waals surface area contributed by atoms with Gasteiger partial charge in [0.25, 0.3) is 0 Å². The van der Waals surface area contributed by atoms with Crippen molar-refractivity contribution in [3.05, 3.63) is 23.7 Å². The van der Waals surface area contributed by atoms with E-state index in [-0.39, 0.29) is 17.7 Å². The highest BCUT2D eigenvalue weighted by molar-refractivity contribution is 5.81. The summed E-state index contributed by atoms with van der Waals surface area (Å²) in [5, 5.41) is 14.4. The van der Waals surface area contributed by atoms with Gasteiger partial charge in [0, 0.05) is 7.05 Å². The van der Waals surface area contributed by atoms with Crippen molar-refractivity contribution >= 4 is 5.91 Å². The lowest BCUT2D eigenvalue weighted by molar-refractivity contribution is -0.123. The van der Waals surface area contributed by atoms with Crippen LogP contribution in [-0.2, 0) is 11.3 Å². The molecule has 1 heterocycles. The molecule has 0 saturated carbocycles. The lowest BCUT2D eigenvalue weighted by atomic mass is 10.0. The Labute approximate surface area is 107 Å². The second-order valence-corrected chi connectivity index (χ2v) is 4.56. The van der Waals surface area contributed by atoms with E-state index in [0.29, 0.717) is 18.2 Å². The summed E-state index contributed by atoms with van der Waals surface area (Å²) >= 11 is 0. The van der Waals surface area contributed by atoms with E-state index < -0.39 is 0 Å². The van der Waals surface area contributed by atoms with Crippen LogP contribution in [0.3, 0.4) is 0 Å². The molecule has 0 saturated heterocycles.